The molecule has 0 saturated carbocycles. The van der Waals surface area contributed by atoms with Gasteiger partial charge in [-0.3, -0.25) is 0 Å². The Morgan fingerprint density at radius 2 is 2.08 bits per heavy atom. The Morgan fingerprint density at radius 1 is 1.33 bits per heavy atom. The van der Waals surface area contributed by atoms with Crippen molar-refractivity contribution in [3.05, 3.63) is 17.8 Å². The van der Waals surface area contributed by atoms with Gasteiger partial charge in [-0.25, -0.2) is 4.98 Å². The van der Waals surface area contributed by atoms with E-state index in [9.17, 15) is 0 Å². The Morgan fingerprint density at radius 3 is 2.58 bits per heavy atom. The predicted molar refractivity (Wildman–Crippen MR) is 46.7 cm³/mol. The molecular weight excluding hydrogens is 154 g/mol. The molecule has 0 atom stereocenters. The lowest BCUT2D eigenvalue weighted by Gasteiger charge is -2.09. The van der Waals surface area contributed by atoms with E-state index in [1.165, 1.54) is 0 Å². The fraction of sp³-hybridized carbons (Fsp3) is 0.444. The van der Waals surface area contributed by atoms with Gasteiger partial charge in [-0.15, -0.1) is 0 Å². The average Bonchev–Trinajstić information content (AvgIpc) is 2.16. The van der Waals surface area contributed by atoms with Crippen molar-refractivity contribution in [1.82, 2.24) is 4.98 Å². The Balaban J connectivity index is 3.13. The zero-order valence-electron chi connectivity index (χ0n) is 7.63. The summed E-state index contributed by atoms with van der Waals surface area (Å²) in [5, 5.41) is 0. The first-order valence-corrected chi connectivity index (χ1v) is 3.89. The topological polar surface area (TPSA) is 31.4 Å². The molecule has 66 valence electrons. The molecule has 0 bridgehead atoms. The average molecular weight is 167 g/mol. The molecule has 0 aliphatic heterocycles. The lowest BCUT2D eigenvalue weighted by atomic mass is 10.2. The summed E-state index contributed by atoms with van der Waals surface area (Å²) in [6.45, 7) is 2.07. The molecule has 0 spiro atoms. The highest BCUT2D eigenvalue weighted by atomic mass is 16.5. The lowest BCUT2D eigenvalue weighted by Crippen LogP contribution is -1.96. The molecule has 1 rings (SSSR count). The number of hydrogen-bond acceptors (Lipinski definition) is 3. The number of hydrogen-bond donors (Lipinski definition) is 0. The fourth-order valence-corrected chi connectivity index (χ4v) is 1.11. The number of methoxy groups -OCH3 is 2. The molecular formula is C9H13NO2. The van der Waals surface area contributed by atoms with Crippen molar-refractivity contribution in [3.8, 4) is 11.6 Å². The van der Waals surface area contributed by atoms with Crippen LogP contribution in [0.25, 0.3) is 0 Å². The van der Waals surface area contributed by atoms with Crippen LogP contribution in [-0.2, 0) is 6.42 Å². The predicted octanol–water partition coefficient (Wildman–Crippen LogP) is 1.66. The number of nitrogens with zero attached hydrogens (tertiary/aromatic N) is 1. The second-order valence-electron chi connectivity index (χ2n) is 2.37. The van der Waals surface area contributed by atoms with E-state index in [0.29, 0.717) is 5.88 Å². The van der Waals surface area contributed by atoms with Gasteiger partial charge in [-0.2, -0.15) is 0 Å². The Labute approximate surface area is 72.3 Å². The molecule has 0 N–H and O–H groups in total. The van der Waals surface area contributed by atoms with E-state index in [1.807, 2.05) is 6.07 Å². The summed E-state index contributed by atoms with van der Waals surface area (Å²) in [5.41, 5.74) is 1.12. The Hall–Kier alpha value is -1.25. The normalized spacial score (nSPS) is 9.58. The number of ether oxygens (including phenoxy) is 2. The van der Waals surface area contributed by atoms with E-state index < -0.39 is 0 Å². The van der Waals surface area contributed by atoms with Crippen LogP contribution in [0.4, 0.5) is 0 Å². The SMILES string of the molecule is CCc1ccnc(OC)c1OC. The molecule has 1 aromatic heterocycles. The summed E-state index contributed by atoms with van der Waals surface area (Å²) < 4.78 is 10.2. The molecule has 0 aliphatic carbocycles. The summed E-state index contributed by atoms with van der Waals surface area (Å²) >= 11 is 0. The third kappa shape index (κ3) is 1.49. The van der Waals surface area contributed by atoms with E-state index >= 15 is 0 Å². The second-order valence-corrected chi connectivity index (χ2v) is 2.37. The first kappa shape index (κ1) is 8.84. The van der Waals surface area contributed by atoms with Crippen molar-refractivity contribution in [2.45, 2.75) is 13.3 Å². The summed E-state index contributed by atoms with van der Waals surface area (Å²) in [6, 6.07) is 1.93. The first-order chi connectivity index (χ1) is 5.83. The van der Waals surface area contributed by atoms with Gasteiger partial charge >= 0.3 is 0 Å². The highest BCUT2D eigenvalue weighted by molar-refractivity contribution is 5.41. The molecule has 3 heteroatoms. The minimum atomic E-state index is 0.553. The number of aromatic nitrogens is 1. The highest BCUT2D eigenvalue weighted by Gasteiger charge is 2.08. The standard InChI is InChI=1S/C9H13NO2/c1-4-7-5-6-10-9(12-3)8(7)11-2/h5-6H,4H2,1-3H3. The molecule has 1 aromatic rings. The maximum atomic E-state index is 5.17. The van der Waals surface area contributed by atoms with Crippen molar-refractivity contribution in [2.75, 3.05) is 14.2 Å². The molecule has 0 aliphatic rings. The minimum Gasteiger partial charge on any atom is -0.491 e. The van der Waals surface area contributed by atoms with Gasteiger partial charge < -0.3 is 9.47 Å². The van der Waals surface area contributed by atoms with Crippen LogP contribution < -0.4 is 9.47 Å². The van der Waals surface area contributed by atoms with Gasteiger partial charge in [0.2, 0.25) is 0 Å². The van der Waals surface area contributed by atoms with Crippen LogP contribution >= 0.6 is 0 Å². The van der Waals surface area contributed by atoms with E-state index in [0.717, 1.165) is 17.7 Å². The molecule has 0 saturated heterocycles. The molecule has 1 heterocycles. The van der Waals surface area contributed by atoms with Gasteiger partial charge in [0, 0.05) is 11.8 Å². The monoisotopic (exact) mass is 167 g/mol. The molecule has 0 unspecified atom stereocenters. The van der Waals surface area contributed by atoms with Gasteiger partial charge in [0.15, 0.2) is 5.75 Å². The number of aryl methyl sites for hydroxylation is 1. The molecule has 3 nitrogen and oxygen atoms in total. The number of rotatable bonds is 3. The summed E-state index contributed by atoms with van der Waals surface area (Å²) in [4.78, 5) is 4.03. The summed E-state index contributed by atoms with van der Waals surface area (Å²) in [7, 11) is 3.21. The third-order valence-electron chi connectivity index (χ3n) is 1.73. The van der Waals surface area contributed by atoms with Gasteiger partial charge in [0.05, 0.1) is 14.2 Å². The van der Waals surface area contributed by atoms with Gasteiger partial charge in [0.1, 0.15) is 0 Å². The largest absolute Gasteiger partial charge is 0.491 e. The van der Waals surface area contributed by atoms with Crippen LogP contribution in [0.1, 0.15) is 12.5 Å². The van der Waals surface area contributed by atoms with Crippen LogP contribution in [0, 0.1) is 0 Å². The molecule has 12 heavy (non-hydrogen) atoms. The van der Waals surface area contributed by atoms with Crippen molar-refractivity contribution >= 4 is 0 Å². The first-order valence-electron chi connectivity index (χ1n) is 3.89. The quantitative estimate of drug-likeness (QED) is 0.686. The van der Waals surface area contributed by atoms with Gasteiger partial charge in [0.25, 0.3) is 5.88 Å². The number of pyridine rings is 1. The van der Waals surface area contributed by atoms with Gasteiger partial charge in [-0.1, -0.05) is 6.92 Å². The maximum absolute atomic E-state index is 5.17. The van der Waals surface area contributed by atoms with Crippen LogP contribution in [0.2, 0.25) is 0 Å². The smallest absolute Gasteiger partial charge is 0.256 e. The third-order valence-corrected chi connectivity index (χ3v) is 1.73. The van der Waals surface area contributed by atoms with Crippen LogP contribution in [0.3, 0.4) is 0 Å². The lowest BCUT2D eigenvalue weighted by molar-refractivity contribution is 0.340. The van der Waals surface area contributed by atoms with Crippen LogP contribution in [-0.4, -0.2) is 19.2 Å². The fourth-order valence-electron chi connectivity index (χ4n) is 1.11. The van der Waals surface area contributed by atoms with E-state index in [-0.39, 0.29) is 0 Å². The van der Waals surface area contributed by atoms with E-state index in [1.54, 1.807) is 20.4 Å². The van der Waals surface area contributed by atoms with Gasteiger partial charge in [-0.05, 0) is 12.5 Å². The minimum absolute atomic E-state index is 0.553. The summed E-state index contributed by atoms with van der Waals surface area (Å²) in [5.74, 6) is 1.29. The Bertz CT molecular complexity index is 238. The summed E-state index contributed by atoms with van der Waals surface area (Å²) in [6.07, 6.45) is 2.64. The molecule has 0 amide bonds. The highest BCUT2D eigenvalue weighted by Crippen LogP contribution is 2.27. The van der Waals surface area contributed by atoms with Crippen molar-refractivity contribution < 1.29 is 9.47 Å². The van der Waals surface area contributed by atoms with Crippen molar-refractivity contribution in [2.24, 2.45) is 0 Å². The van der Waals surface area contributed by atoms with Crippen LogP contribution in [0.5, 0.6) is 11.6 Å². The zero-order valence-corrected chi connectivity index (χ0v) is 7.63. The molecule has 0 aromatic carbocycles. The second kappa shape index (κ2) is 3.95. The molecule has 0 fully saturated rings. The van der Waals surface area contributed by atoms with E-state index in [2.05, 4.69) is 11.9 Å². The Kier molecular flexibility index (Phi) is 2.91. The van der Waals surface area contributed by atoms with Crippen LogP contribution in [0.15, 0.2) is 12.3 Å². The van der Waals surface area contributed by atoms with Crippen molar-refractivity contribution in [3.63, 3.8) is 0 Å². The molecule has 0 radical (unpaired) electrons. The zero-order chi connectivity index (χ0) is 8.97. The van der Waals surface area contributed by atoms with Crippen molar-refractivity contribution in [1.29, 1.82) is 0 Å². The van der Waals surface area contributed by atoms with E-state index in [4.69, 9.17) is 9.47 Å². The maximum Gasteiger partial charge on any atom is 0.256 e.